The number of benzene rings is 1. The lowest BCUT2D eigenvalue weighted by molar-refractivity contribution is 0.0746. The number of hydrogen-bond acceptors (Lipinski definition) is 7. The molecule has 0 radical (unpaired) electrons. The van der Waals surface area contributed by atoms with E-state index in [-0.39, 0.29) is 17.8 Å². The van der Waals surface area contributed by atoms with Gasteiger partial charge in [-0.1, -0.05) is 6.07 Å². The molecule has 2 N–H and O–H groups in total. The van der Waals surface area contributed by atoms with E-state index in [1.807, 2.05) is 29.2 Å². The van der Waals surface area contributed by atoms with Gasteiger partial charge in [-0.15, -0.1) is 0 Å². The van der Waals surface area contributed by atoms with Gasteiger partial charge in [0.25, 0.3) is 5.91 Å². The van der Waals surface area contributed by atoms with Crippen LogP contribution in [0.25, 0.3) is 0 Å². The highest BCUT2D eigenvalue weighted by molar-refractivity contribution is 5.94. The first-order valence-corrected chi connectivity index (χ1v) is 9.54. The molecule has 148 valence electrons. The molecule has 4 rings (SSSR count). The highest BCUT2D eigenvalue weighted by Gasteiger charge is 2.25. The van der Waals surface area contributed by atoms with Crippen molar-refractivity contribution >= 4 is 17.7 Å². The molecule has 2 aromatic rings. The Morgan fingerprint density at radius 3 is 2.75 bits per heavy atom. The summed E-state index contributed by atoms with van der Waals surface area (Å²) in [6, 6.07) is 9.27. The van der Waals surface area contributed by atoms with Gasteiger partial charge in [-0.3, -0.25) is 4.79 Å². The normalized spacial score (nSPS) is 19.7. The van der Waals surface area contributed by atoms with Gasteiger partial charge >= 0.3 is 0 Å². The van der Waals surface area contributed by atoms with Crippen LogP contribution in [0.2, 0.25) is 0 Å². The van der Waals surface area contributed by atoms with Crippen molar-refractivity contribution < 1.29 is 14.3 Å². The lowest BCUT2D eigenvalue weighted by Crippen LogP contribution is -2.49. The van der Waals surface area contributed by atoms with Crippen molar-refractivity contribution in [2.45, 2.75) is 12.3 Å². The second-order valence-corrected chi connectivity index (χ2v) is 7.08. The van der Waals surface area contributed by atoms with Crippen LogP contribution in [0.4, 0.5) is 11.8 Å². The molecule has 2 saturated heterocycles. The molecular weight excluding hydrogens is 358 g/mol. The molecule has 0 aliphatic carbocycles. The summed E-state index contributed by atoms with van der Waals surface area (Å²) in [4.78, 5) is 25.6. The van der Waals surface area contributed by atoms with Gasteiger partial charge in [0.2, 0.25) is 5.95 Å². The third-order valence-corrected chi connectivity index (χ3v) is 5.31. The van der Waals surface area contributed by atoms with Crippen LogP contribution in [0.3, 0.4) is 0 Å². The first-order chi connectivity index (χ1) is 13.6. The van der Waals surface area contributed by atoms with E-state index in [4.69, 9.17) is 15.2 Å². The number of nitrogens with two attached hydrogens (primary N) is 1. The molecule has 2 fully saturated rings. The highest BCUT2D eigenvalue weighted by Crippen LogP contribution is 2.27. The maximum absolute atomic E-state index is 12.8. The van der Waals surface area contributed by atoms with Crippen LogP contribution in [-0.4, -0.2) is 67.3 Å². The smallest absolute Gasteiger partial charge is 0.254 e. The number of anilines is 2. The van der Waals surface area contributed by atoms with Crippen molar-refractivity contribution in [3.05, 3.63) is 41.6 Å². The minimum absolute atomic E-state index is 0.0181. The van der Waals surface area contributed by atoms with Crippen molar-refractivity contribution in [2.24, 2.45) is 0 Å². The molecule has 1 atom stereocenters. The molecule has 2 aliphatic rings. The summed E-state index contributed by atoms with van der Waals surface area (Å²) < 4.78 is 10.7. The van der Waals surface area contributed by atoms with E-state index < -0.39 is 0 Å². The number of nitrogens with zero attached hydrogens (tertiary/aromatic N) is 4. The topological polar surface area (TPSA) is 93.8 Å². The number of carbonyl (C=O) groups is 1. The summed E-state index contributed by atoms with van der Waals surface area (Å²) in [6.07, 6.45) is 0.957. The Morgan fingerprint density at radius 2 is 2.04 bits per heavy atom. The van der Waals surface area contributed by atoms with Crippen LogP contribution < -0.4 is 15.4 Å². The summed E-state index contributed by atoms with van der Waals surface area (Å²) in [5, 5.41) is 0. The molecule has 1 aromatic carbocycles. The average Bonchev–Trinajstić information content (AvgIpc) is 3.28. The van der Waals surface area contributed by atoms with E-state index in [1.165, 1.54) is 0 Å². The third-order valence-electron chi connectivity index (χ3n) is 5.31. The third kappa shape index (κ3) is 3.87. The highest BCUT2D eigenvalue weighted by atomic mass is 16.5. The largest absolute Gasteiger partial charge is 0.497 e. The van der Waals surface area contributed by atoms with E-state index >= 15 is 0 Å². The zero-order chi connectivity index (χ0) is 19.5. The summed E-state index contributed by atoms with van der Waals surface area (Å²) in [6.45, 7) is 4.09. The summed E-state index contributed by atoms with van der Waals surface area (Å²) in [5.41, 5.74) is 7.53. The van der Waals surface area contributed by atoms with Gasteiger partial charge in [-0.05, 0) is 24.6 Å². The zero-order valence-electron chi connectivity index (χ0n) is 16.0. The Morgan fingerprint density at radius 1 is 1.21 bits per heavy atom. The summed E-state index contributed by atoms with van der Waals surface area (Å²) >= 11 is 0. The van der Waals surface area contributed by atoms with Gasteiger partial charge < -0.3 is 25.0 Å². The van der Waals surface area contributed by atoms with Crippen molar-refractivity contribution in [3.8, 4) is 5.75 Å². The molecule has 0 unspecified atom stereocenters. The van der Waals surface area contributed by atoms with E-state index in [0.29, 0.717) is 44.1 Å². The monoisotopic (exact) mass is 383 g/mol. The second-order valence-electron chi connectivity index (χ2n) is 7.08. The number of piperazine rings is 1. The number of methoxy groups -OCH3 is 1. The standard InChI is InChI=1S/C20H25N5O3/c1-27-16-4-2-3-14(11-16)19(26)25-8-6-24(7-9-25)18-12-17(22-20(21)23-18)15-5-10-28-13-15/h2-4,11-12,15H,5-10,13H2,1H3,(H2,21,22,23)/t15-/m1/s1. The lowest BCUT2D eigenvalue weighted by atomic mass is 10.0. The lowest BCUT2D eigenvalue weighted by Gasteiger charge is -2.35. The maximum Gasteiger partial charge on any atom is 0.254 e. The van der Waals surface area contributed by atoms with E-state index in [9.17, 15) is 4.79 Å². The first-order valence-electron chi connectivity index (χ1n) is 9.54. The molecule has 1 amide bonds. The molecule has 8 heteroatoms. The summed E-state index contributed by atoms with van der Waals surface area (Å²) in [7, 11) is 1.60. The number of amides is 1. The zero-order valence-corrected chi connectivity index (χ0v) is 16.0. The van der Waals surface area contributed by atoms with Gasteiger partial charge in [0.15, 0.2) is 0 Å². The van der Waals surface area contributed by atoms with Crippen LogP contribution >= 0.6 is 0 Å². The number of aromatic nitrogens is 2. The minimum atomic E-state index is 0.0181. The van der Waals surface area contributed by atoms with Gasteiger partial charge in [-0.2, -0.15) is 4.98 Å². The fourth-order valence-corrected chi connectivity index (χ4v) is 3.69. The minimum Gasteiger partial charge on any atom is -0.497 e. The molecule has 0 bridgehead atoms. The van der Waals surface area contributed by atoms with Crippen LogP contribution in [-0.2, 0) is 4.74 Å². The molecule has 8 nitrogen and oxygen atoms in total. The van der Waals surface area contributed by atoms with Gasteiger partial charge in [0.1, 0.15) is 11.6 Å². The number of rotatable bonds is 4. The van der Waals surface area contributed by atoms with E-state index in [2.05, 4.69) is 14.9 Å². The van der Waals surface area contributed by atoms with Crippen LogP contribution in [0.5, 0.6) is 5.75 Å². The van der Waals surface area contributed by atoms with E-state index in [0.717, 1.165) is 24.5 Å². The predicted molar refractivity (Wildman–Crippen MR) is 106 cm³/mol. The molecule has 0 saturated carbocycles. The Balaban J connectivity index is 1.43. The molecule has 2 aliphatic heterocycles. The van der Waals surface area contributed by atoms with Gasteiger partial charge in [0, 0.05) is 50.3 Å². The number of ether oxygens (including phenoxy) is 2. The molecule has 28 heavy (non-hydrogen) atoms. The quantitative estimate of drug-likeness (QED) is 0.856. The van der Waals surface area contributed by atoms with Crippen molar-refractivity contribution in [2.75, 3.05) is 57.1 Å². The van der Waals surface area contributed by atoms with Crippen LogP contribution in [0, 0.1) is 0 Å². The Bertz CT molecular complexity index is 845. The fraction of sp³-hybridized carbons (Fsp3) is 0.450. The molecule has 3 heterocycles. The summed E-state index contributed by atoms with van der Waals surface area (Å²) in [5.74, 6) is 2.09. The molecule has 0 spiro atoms. The Kier molecular flexibility index (Phi) is 5.29. The van der Waals surface area contributed by atoms with Crippen molar-refractivity contribution in [1.29, 1.82) is 0 Å². The van der Waals surface area contributed by atoms with Crippen LogP contribution in [0.1, 0.15) is 28.4 Å². The van der Waals surface area contributed by atoms with Gasteiger partial charge in [0.05, 0.1) is 19.4 Å². The molecular formula is C20H25N5O3. The van der Waals surface area contributed by atoms with Crippen LogP contribution in [0.15, 0.2) is 30.3 Å². The SMILES string of the molecule is COc1cccc(C(=O)N2CCN(c3cc([C@@H]4CCOC4)nc(N)n3)CC2)c1. The number of hydrogen-bond donors (Lipinski definition) is 1. The maximum atomic E-state index is 12.8. The Labute approximate surface area is 164 Å². The Hall–Kier alpha value is -2.87. The second kappa shape index (κ2) is 8.02. The number of nitrogen functional groups attached to an aromatic ring is 1. The predicted octanol–water partition coefficient (Wildman–Crippen LogP) is 1.53. The number of carbonyl (C=O) groups excluding carboxylic acids is 1. The average molecular weight is 383 g/mol. The fourth-order valence-electron chi connectivity index (χ4n) is 3.69. The van der Waals surface area contributed by atoms with E-state index in [1.54, 1.807) is 13.2 Å². The van der Waals surface area contributed by atoms with Gasteiger partial charge in [-0.25, -0.2) is 4.98 Å². The first kappa shape index (κ1) is 18.5. The molecule has 1 aromatic heterocycles. The van der Waals surface area contributed by atoms with Crippen molar-refractivity contribution in [1.82, 2.24) is 14.9 Å². The van der Waals surface area contributed by atoms with Crippen molar-refractivity contribution in [3.63, 3.8) is 0 Å².